The van der Waals surface area contributed by atoms with Crippen molar-refractivity contribution in [3.63, 3.8) is 0 Å². The Hall–Kier alpha value is -3.08. The fourth-order valence-electron chi connectivity index (χ4n) is 4.64. The van der Waals surface area contributed by atoms with Gasteiger partial charge in [-0.15, -0.1) is 0 Å². The molecule has 0 saturated carbocycles. The van der Waals surface area contributed by atoms with Gasteiger partial charge in [0.25, 0.3) is 0 Å². The van der Waals surface area contributed by atoms with Gasteiger partial charge in [-0.3, -0.25) is 9.69 Å². The Morgan fingerprint density at radius 1 is 1.08 bits per heavy atom. The second-order valence-corrected chi connectivity index (χ2v) is 12.2. The zero-order valence-corrected chi connectivity index (χ0v) is 23.4. The zero-order chi connectivity index (χ0) is 27.8. The highest BCUT2D eigenvalue weighted by Gasteiger charge is 2.27. The lowest BCUT2D eigenvalue weighted by Crippen LogP contribution is -2.43. The number of hydrogen-bond acceptors (Lipinski definition) is 6. The average Bonchev–Trinajstić information content (AvgIpc) is 3.31. The molecule has 0 spiro atoms. The highest BCUT2D eigenvalue weighted by atomic mass is 32.2. The van der Waals surface area contributed by atoms with Crippen LogP contribution in [-0.2, 0) is 38.2 Å². The summed E-state index contributed by atoms with van der Waals surface area (Å²) in [6.07, 6.45) is 1.93. The van der Waals surface area contributed by atoms with E-state index in [1.807, 2.05) is 44.2 Å². The summed E-state index contributed by atoms with van der Waals surface area (Å²) >= 11 is 0. The van der Waals surface area contributed by atoms with Gasteiger partial charge in [0.2, 0.25) is 20.9 Å². The van der Waals surface area contributed by atoms with Crippen molar-refractivity contribution >= 4 is 15.7 Å². The van der Waals surface area contributed by atoms with Crippen LogP contribution in [-0.4, -0.2) is 73.1 Å². The van der Waals surface area contributed by atoms with Gasteiger partial charge >= 0.3 is 0 Å². The monoisotopic (exact) mass is 556 g/mol. The van der Waals surface area contributed by atoms with E-state index in [9.17, 15) is 17.6 Å². The molecule has 0 N–H and O–H groups in total. The van der Waals surface area contributed by atoms with Gasteiger partial charge in [-0.25, -0.2) is 17.8 Å². The predicted octanol–water partition coefficient (Wildman–Crippen LogP) is 3.75. The molecule has 0 aliphatic carbocycles. The molecule has 1 aromatic heterocycles. The van der Waals surface area contributed by atoms with Crippen molar-refractivity contribution in [2.75, 3.05) is 39.4 Å². The van der Waals surface area contributed by atoms with E-state index in [-0.39, 0.29) is 35.6 Å². The van der Waals surface area contributed by atoms with E-state index in [4.69, 9.17) is 4.74 Å². The number of rotatable bonds is 12. The second kappa shape index (κ2) is 13.3. The van der Waals surface area contributed by atoms with Crippen LogP contribution in [0, 0.1) is 11.7 Å². The lowest BCUT2D eigenvalue weighted by atomic mass is 10.1. The third kappa shape index (κ3) is 7.97. The lowest BCUT2D eigenvalue weighted by molar-refractivity contribution is -0.133. The van der Waals surface area contributed by atoms with Gasteiger partial charge in [-0.05, 0) is 17.5 Å². The van der Waals surface area contributed by atoms with Crippen LogP contribution < -0.4 is 0 Å². The van der Waals surface area contributed by atoms with Gasteiger partial charge in [0, 0.05) is 38.2 Å². The van der Waals surface area contributed by atoms with Gasteiger partial charge < -0.3 is 14.2 Å². The fourth-order valence-corrected chi connectivity index (χ4v) is 6.14. The number of halogens is 1. The number of carbonyl (C=O) groups excluding carboxylic acids is 1. The molecule has 210 valence electrons. The molecule has 39 heavy (non-hydrogen) atoms. The summed E-state index contributed by atoms with van der Waals surface area (Å²) in [5, 5.41) is -0.131. The number of morpholine rings is 1. The van der Waals surface area contributed by atoms with Crippen LogP contribution in [0.1, 0.15) is 37.1 Å². The van der Waals surface area contributed by atoms with E-state index < -0.39 is 21.4 Å². The molecule has 1 amide bonds. The van der Waals surface area contributed by atoms with Crippen LogP contribution in [0.3, 0.4) is 0 Å². The molecule has 0 unspecified atom stereocenters. The maximum absolute atomic E-state index is 14.3. The SMILES string of the molecule is CC(C)CC(=O)N(CCN1CCOCC1)Cc1cnc(S(=O)(=O)Cc2ccccc2F)n1Cc1ccccc1. The van der Waals surface area contributed by atoms with Gasteiger partial charge in [0.1, 0.15) is 5.82 Å². The second-order valence-electron chi connectivity index (χ2n) is 10.3. The van der Waals surface area contributed by atoms with E-state index in [0.717, 1.165) is 18.7 Å². The largest absolute Gasteiger partial charge is 0.379 e. The average molecular weight is 557 g/mol. The third-order valence-electron chi connectivity index (χ3n) is 6.74. The standard InChI is InChI=1S/C29H37FN4O4S/c1-23(2)18-28(35)33(13-12-32-14-16-38-17-15-32)21-26-19-31-29(34(26)20-24-8-4-3-5-9-24)39(36,37)22-25-10-6-7-11-27(25)30/h3-11,19,23H,12-18,20-22H2,1-2H3. The fraction of sp³-hybridized carbons (Fsp3) is 0.448. The molecule has 0 bridgehead atoms. The molecule has 1 saturated heterocycles. The zero-order valence-electron chi connectivity index (χ0n) is 22.6. The topological polar surface area (TPSA) is 84.7 Å². The molecular formula is C29H37FN4O4S. The first-order chi connectivity index (χ1) is 18.7. The molecular weight excluding hydrogens is 519 g/mol. The quantitative estimate of drug-likeness (QED) is 0.338. The molecule has 1 aliphatic heterocycles. The normalized spacial score (nSPS) is 14.6. The van der Waals surface area contributed by atoms with Gasteiger partial charge in [-0.2, -0.15) is 0 Å². The summed E-state index contributed by atoms with van der Waals surface area (Å²) in [5.74, 6) is -0.871. The molecule has 0 atom stereocenters. The smallest absolute Gasteiger partial charge is 0.228 e. The lowest BCUT2D eigenvalue weighted by Gasteiger charge is -2.30. The summed E-state index contributed by atoms with van der Waals surface area (Å²) in [6.45, 7) is 8.70. The summed E-state index contributed by atoms with van der Waals surface area (Å²) < 4.78 is 48.5. The molecule has 8 nitrogen and oxygen atoms in total. The van der Waals surface area contributed by atoms with Crippen molar-refractivity contribution in [2.45, 2.75) is 44.3 Å². The summed E-state index contributed by atoms with van der Waals surface area (Å²) in [4.78, 5) is 21.7. The Morgan fingerprint density at radius 2 is 1.77 bits per heavy atom. The molecule has 3 aromatic rings. The highest BCUT2D eigenvalue weighted by molar-refractivity contribution is 7.90. The number of nitrogens with zero attached hydrogens (tertiary/aromatic N) is 4. The Balaban J connectivity index is 1.65. The van der Waals surface area contributed by atoms with Crippen molar-refractivity contribution < 1.29 is 22.3 Å². The Kier molecular flexibility index (Phi) is 9.88. The molecule has 10 heteroatoms. The predicted molar refractivity (Wildman–Crippen MR) is 147 cm³/mol. The number of imidazole rings is 1. The van der Waals surface area contributed by atoms with Gasteiger partial charge in [0.05, 0.1) is 43.9 Å². The summed E-state index contributed by atoms with van der Waals surface area (Å²) in [7, 11) is -3.98. The molecule has 2 aromatic carbocycles. The summed E-state index contributed by atoms with van der Waals surface area (Å²) in [6, 6.07) is 15.4. The first kappa shape index (κ1) is 28.9. The molecule has 0 radical (unpaired) electrons. The Labute approximate surface area is 230 Å². The van der Waals surface area contributed by atoms with E-state index in [2.05, 4.69) is 9.88 Å². The van der Waals surface area contributed by atoms with E-state index in [1.165, 1.54) is 24.4 Å². The van der Waals surface area contributed by atoms with Crippen molar-refractivity contribution in [1.29, 1.82) is 0 Å². The van der Waals surface area contributed by atoms with Crippen LogP contribution >= 0.6 is 0 Å². The minimum atomic E-state index is -3.98. The maximum atomic E-state index is 14.3. The van der Waals surface area contributed by atoms with Crippen LogP contribution in [0.4, 0.5) is 4.39 Å². The number of benzene rings is 2. The van der Waals surface area contributed by atoms with Crippen LogP contribution in [0.25, 0.3) is 0 Å². The first-order valence-electron chi connectivity index (χ1n) is 13.4. The number of amides is 1. The van der Waals surface area contributed by atoms with E-state index in [1.54, 1.807) is 15.5 Å². The Morgan fingerprint density at radius 3 is 2.46 bits per heavy atom. The van der Waals surface area contributed by atoms with E-state index >= 15 is 0 Å². The van der Waals surface area contributed by atoms with Crippen molar-refractivity contribution in [1.82, 2.24) is 19.4 Å². The Bertz CT molecular complexity index is 1340. The van der Waals surface area contributed by atoms with Gasteiger partial charge in [0.15, 0.2) is 0 Å². The van der Waals surface area contributed by atoms with E-state index in [0.29, 0.717) is 38.4 Å². The first-order valence-corrected chi connectivity index (χ1v) is 15.0. The molecule has 1 fully saturated rings. The number of aromatic nitrogens is 2. The van der Waals surface area contributed by atoms with Crippen LogP contribution in [0.2, 0.25) is 0 Å². The number of carbonyl (C=O) groups is 1. The number of sulfone groups is 1. The summed E-state index contributed by atoms with van der Waals surface area (Å²) in [5.41, 5.74) is 1.60. The van der Waals surface area contributed by atoms with Crippen molar-refractivity contribution in [2.24, 2.45) is 5.92 Å². The van der Waals surface area contributed by atoms with Gasteiger partial charge in [-0.1, -0.05) is 62.4 Å². The third-order valence-corrected chi connectivity index (χ3v) is 8.32. The maximum Gasteiger partial charge on any atom is 0.228 e. The minimum Gasteiger partial charge on any atom is -0.379 e. The molecule has 4 rings (SSSR count). The van der Waals surface area contributed by atoms with Crippen LogP contribution in [0.15, 0.2) is 66.0 Å². The minimum absolute atomic E-state index is 0.0153. The molecule has 2 heterocycles. The van der Waals surface area contributed by atoms with Crippen molar-refractivity contribution in [3.05, 3.63) is 83.4 Å². The molecule has 1 aliphatic rings. The highest BCUT2D eigenvalue weighted by Crippen LogP contribution is 2.22. The van der Waals surface area contributed by atoms with Crippen molar-refractivity contribution in [3.8, 4) is 0 Å². The number of ether oxygens (including phenoxy) is 1. The van der Waals surface area contributed by atoms with Crippen LogP contribution in [0.5, 0.6) is 0 Å². The number of hydrogen-bond donors (Lipinski definition) is 0.